The van der Waals surface area contributed by atoms with Gasteiger partial charge in [0.2, 0.25) is 0 Å². The van der Waals surface area contributed by atoms with Crippen molar-refractivity contribution in [3.05, 3.63) is 50.9 Å². The van der Waals surface area contributed by atoms with E-state index < -0.39 is 0 Å². The first-order valence-corrected chi connectivity index (χ1v) is 6.38. The number of hydrogen-bond acceptors (Lipinski definition) is 2. The molecule has 88 valence electrons. The lowest BCUT2D eigenvalue weighted by Gasteiger charge is -2.11. The molecule has 3 N–H and O–H groups in total. The molecule has 2 nitrogen and oxygen atoms in total. The predicted octanol–water partition coefficient (Wildman–Crippen LogP) is 5.08. The van der Waals surface area contributed by atoms with Crippen molar-refractivity contribution in [1.29, 1.82) is 0 Å². The Hall–Kier alpha value is -0.900. The summed E-state index contributed by atoms with van der Waals surface area (Å²) in [5.74, 6) is 0. The number of halogens is 3. The van der Waals surface area contributed by atoms with Crippen LogP contribution in [0.25, 0.3) is 0 Å². The Balaban J connectivity index is 2.33. The maximum Gasteiger partial charge on any atom is 0.0633 e. The molecule has 0 aliphatic rings. The lowest BCUT2D eigenvalue weighted by molar-refractivity contribution is 1.53. The minimum Gasteiger partial charge on any atom is -0.397 e. The van der Waals surface area contributed by atoms with E-state index in [9.17, 15) is 0 Å². The van der Waals surface area contributed by atoms with Crippen molar-refractivity contribution in [2.45, 2.75) is 0 Å². The van der Waals surface area contributed by atoms with Crippen LogP contribution in [0.5, 0.6) is 0 Å². The predicted molar refractivity (Wildman–Crippen MR) is 78.3 cm³/mol. The third-order valence-electron chi connectivity index (χ3n) is 2.20. The maximum absolute atomic E-state index is 5.95. The normalized spacial score (nSPS) is 10.3. The summed E-state index contributed by atoms with van der Waals surface area (Å²) in [5.41, 5.74) is 8.07. The number of hydrogen-bond donors (Lipinski definition) is 2. The van der Waals surface area contributed by atoms with Crippen LogP contribution in [0.4, 0.5) is 17.1 Å². The quantitative estimate of drug-likeness (QED) is 0.753. The highest BCUT2D eigenvalue weighted by atomic mass is 79.9. The molecule has 0 amide bonds. The monoisotopic (exact) mass is 330 g/mol. The van der Waals surface area contributed by atoms with Gasteiger partial charge >= 0.3 is 0 Å². The molecule has 0 aliphatic heterocycles. The third-order valence-corrected chi connectivity index (χ3v) is 3.41. The van der Waals surface area contributed by atoms with Gasteiger partial charge in [-0.25, -0.2) is 0 Å². The van der Waals surface area contributed by atoms with Crippen molar-refractivity contribution < 1.29 is 0 Å². The van der Waals surface area contributed by atoms with E-state index in [1.54, 1.807) is 12.1 Å². The molecule has 17 heavy (non-hydrogen) atoms. The summed E-state index contributed by atoms with van der Waals surface area (Å²) in [7, 11) is 0. The first-order chi connectivity index (χ1) is 8.06. The fourth-order valence-electron chi connectivity index (χ4n) is 1.39. The Bertz CT molecular complexity index is 558. The van der Waals surface area contributed by atoms with E-state index in [0.29, 0.717) is 15.7 Å². The molecule has 0 heterocycles. The van der Waals surface area contributed by atoms with Gasteiger partial charge in [-0.05, 0) is 30.3 Å². The van der Waals surface area contributed by atoms with Gasteiger partial charge < -0.3 is 11.1 Å². The van der Waals surface area contributed by atoms with Crippen LogP contribution < -0.4 is 11.1 Å². The number of rotatable bonds is 2. The summed E-state index contributed by atoms with van der Waals surface area (Å²) in [6, 6.07) is 11.1. The molecule has 5 heteroatoms. The second kappa shape index (κ2) is 5.17. The average molecular weight is 332 g/mol. The number of nitrogens with two attached hydrogens (primary N) is 1. The lowest BCUT2D eigenvalue weighted by Crippen LogP contribution is -1.96. The van der Waals surface area contributed by atoms with Gasteiger partial charge in [-0.3, -0.25) is 0 Å². The summed E-state index contributed by atoms with van der Waals surface area (Å²) >= 11 is 15.2. The van der Waals surface area contributed by atoms with E-state index in [0.717, 1.165) is 15.8 Å². The van der Waals surface area contributed by atoms with Gasteiger partial charge in [-0.2, -0.15) is 0 Å². The Kier molecular flexibility index (Phi) is 3.82. The van der Waals surface area contributed by atoms with Crippen LogP contribution >= 0.6 is 39.1 Å². The van der Waals surface area contributed by atoms with Crippen molar-refractivity contribution in [2.24, 2.45) is 0 Å². The number of nitrogens with one attached hydrogen (secondary N) is 1. The van der Waals surface area contributed by atoms with Gasteiger partial charge in [0.1, 0.15) is 0 Å². The molecule has 2 rings (SSSR count). The Morgan fingerprint density at radius 3 is 2.47 bits per heavy atom. The second-order valence-corrected chi connectivity index (χ2v) is 5.22. The maximum atomic E-state index is 5.95. The van der Waals surface area contributed by atoms with Gasteiger partial charge in [0.15, 0.2) is 0 Å². The molecular formula is C12H9BrCl2N2. The molecule has 0 bridgehead atoms. The molecule has 2 aromatic carbocycles. The minimum atomic E-state index is 0.448. The molecule has 0 spiro atoms. The van der Waals surface area contributed by atoms with Crippen LogP contribution in [0.3, 0.4) is 0 Å². The van der Waals surface area contributed by atoms with Crippen LogP contribution in [0.15, 0.2) is 40.9 Å². The summed E-state index contributed by atoms with van der Waals surface area (Å²) in [6.45, 7) is 0. The summed E-state index contributed by atoms with van der Waals surface area (Å²) in [5, 5.41) is 4.10. The standard InChI is InChI=1S/C12H9BrCl2N2/c13-7-2-1-3-8(4-7)17-12-6-10(15)9(14)5-11(12)16/h1-6,17H,16H2. The van der Waals surface area contributed by atoms with Gasteiger partial charge in [0.25, 0.3) is 0 Å². The number of benzene rings is 2. The van der Waals surface area contributed by atoms with Crippen molar-refractivity contribution in [1.82, 2.24) is 0 Å². The highest BCUT2D eigenvalue weighted by molar-refractivity contribution is 9.10. The third kappa shape index (κ3) is 3.06. The van der Waals surface area contributed by atoms with Crippen molar-refractivity contribution in [3.63, 3.8) is 0 Å². The smallest absolute Gasteiger partial charge is 0.0633 e. The van der Waals surface area contributed by atoms with Crippen LogP contribution in [-0.4, -0.2) is 0 Å². The van der Waals surface area contributed by atoms with E-state index in [2.05, 4.69) is 21.2 Å². The van der Waals surface area contributed by atoms with E-state index in [1.165, 1.54) is 0 Å². The van der Waals surface area contributed by atoms with Crippen LogP contribution in [0.1, 0.15) is 0 Å². The highest BCUT2D eigenvalue weighted by Gasteiger charge is 2.05. The fourth-order valence-corrected chi connectivity index (χ4v) is 2.13. The van der Waals surface area contributed by atoms with Gasteiger partial charge in [-0.15, -0.1) is 0 Å². The molecule has 0 radical (unpaired) electrons. The first kappa shape index (κ1) is 12.6. The Labute approximate surface area is 118 Å². The Morgan fingerprint density at radius 2 is 1.76 bits per heavy atom. The summed E-state index contributed by atoms with van der Waals surface area (Å²) < 4.78 is 0.987. The van der Waals surface area contributed by atoms with Crippen LogP contribution in [-0.2, 0) is 0 Å². The second-order valence-electron chi connectivity index (χ2n) is 3.49. The zero-order valence-electron chi connectivity index (χ0n) is 8.68. The zero-order valence-corrected chi connectivity index (χ0v) is 11.8. The molecule has 0 fully saturated rings. The number of anilines is 3. The molecular weight excluding hydrogens is 323 g/mol. The number of nitrogen functional groups attached to an aromatic ring is 1. The van der Waals surface area contributed by atoms with Crippen molar-refractivity contribution in [3.8, 4) is 0 Å². The van der Waals surface area contributed by atoms with E-state index in [1.807, 2.05) is 24.3 Å². The average Bonchev–Trinajstić information content (AvgIpc) is 2.26. The first-order valence-electron chi connectivity index (χ1n) is 4.83. The van der Waals surface area contributed by atoms with E-state index >= 15 is 0 Å². The molecule has 0 aromatic heterocycles. The topological polar surface area (TPSA) is 38.0 Å². The summed E-state index contributed by atoms with van der Waals surface area (Å²) in [6.07, 6.45) is 0. The van der Waals surface area contributed by atoms with Crippen LogP contribution in [0.2, 0.25) is 10.0 Å². The molecule has 0 unspecified atom stereocenters. The highest BCUT2D eigenvalue weighted by Crippen LogP contribution is 2.32. The van der Waals surface area contributed by atoms with E-state index in [-0.39, 0.29) is 0 Å². The van der Waals surface area contributed by atoms with E-state index in [4.69, 9.17) is 28.9 Å². The van der Waals surface area contributed by atoms with Crippen molar-refractivity contribution >= 4 is 56.2 Å². The largest absolute Gasteiger partial charge is 0.397 e. The molecule has 0 saturated carbocycles. The molecule has 0 saturated heterocycles. The van der Waals surface area contributed by atoms with Gasteiger partial charge in [0, 0.05) is 10.2 Å². The van der Waals surface area contributed by atoms with Crippen LogP contribution in [0, 0.1) is 0 Å². The molecule has 2 aromatic rings. The fraction of sp³-hybridized carbons (Fsp3) is 0. The molecule has 0 aliphatic carbocycles. The lowest BCUT2D eigenvalue weighted by atomic mass is 10.2. The van der Waals surface area contributed by atoms with Gasteiger partial charge in [0.05, 0.1) is 21.4 Å². The molecule has 0 atom stereocenters. The summed E-state index contributed by atoms with van der Waals surface area (Å²) in [4.78, 5) is 0. The Morgan fingerprint density at radius 1 is 1.06 bits per heavy atom. The SMILES string of the molecule is Nc1cc(Cl)c(Cl)cc1Nc1cccc(Br)c1. The zero-order chi connectivity index (χ0) is 12.4. The van der Waals surface area contributed by atoms with Crippen molar-refractivity contribution in [2.75, 3.05) is 11.1 Å². The minimum absolute atomic E-state index is 0.448. The van der Waals surface area contributed by atoms with Gasteiger partial charge in [-0.1, -0.05) is 45.2 Å².